The minimum atomic E-state index is -0.332. The SMILES string of the molecule is CC(c1nc(-c2ccccc2)no1)N1CCN(C(=O)CNC(=O)CN)CC1.Cl.Cl. The molecule has 1 unspecified atom stereocenters. The maximum absolute atomic E-state index is 12.1. The maximum Gasteiger partial charge on any atom is 0.244 e. The zero-order valence-electron chi connectivity index (χ0n) is 16.1. The van der Waals surface area contributed by atoms with Crippen LogP contribution in [0.2, 0.25) is 0 Å². The van der Waals surface area contributed by atoms with Crippen molar-refractivity contribution in [2.24, 2.45) is 5.73 Å². The summed E-state index contributed by atoms with van der Waals surface area (Å²) in [4.78, 5) is 31.7. The Morgan fingerprint density at radius 3 is 2.45 bits per heavy atom. The van der Waals surface area contributed by atoms with Crippen LogP contribution in [-0.4, -0.2) is 71.0 Å². The first kappa shape index (κ1) is 24.8. The molecule has 1 aromatic heterocycles. The van der Waals surface area contributed by atoms with Crippen LogP contribution in [0.1, 0.15) is 18.9 Å². The van der Waals surface area contributed by atoms with E-state index >= 15 is 0 Å². The molecule has 0 aliphatic carbocycles. The lowest BCUT2D eigenvalue weighted by atomic mass is 10.2. The van der Waals surface area contributed by atoms with E-state index in [0.29, 0.717) is 37.9 Å². The third-order valence-electron chi connectivity index (χ3n) is 4.67. The number of hydrogen-bond donors (Lipinski definition) is 2. The monoisotopic (exact) mass is 444 g/mol. The van der Waals surface area contributed by atoms with Crippen LogP contribution in [-0.2, 0) is 9.59 Å². The largest absolute Gasteiger partial charge is 0.346 e. The average Bonchev–Trinajstić information content (AvgIpc) is 3.22. The fourth-order valence-corrected chi connectivity index (χ4v) is 2.98. The van der Waals surface area contributed by atoms with Gasteiger partial charge in [0, 0.05) is 31.7 Å². The van der Waals surface area contributed by atoms with Gasteiger partial charge in [-0.1, -0.05) is 35.5 Å². The number of nitrogens with two attached hydrogens (primary N) is 1. The number of halogens is 2. The first-order chi connectivity index (χ1) is 13.1. The first-order valence-electron chi connectivity index (χ1n) is 8.96. The Labute approximate surface area is 181 Å². The van der Waals surface area contributed by atoms with Gasteiger partial charge in [-0.25, -0.2) is 0 Å². The number of nitrogens with one attached hydrogen (secondary N) is 1. The van der Waals surface area contributed by atoms with Gasteiger partial charge in [-0.05, 0) is 6.92 Å². The van der Waals surface area contributed by atoms with Gasteiger partial charge < -0.3 is 20.5 Å². The van der Waals surface area contributed by atoms with E-state index in [1.165, 1.54) is 0 Å². The van der Waals surface area contributed by atoms with E-state index < -0.39 is 0 Å². The molecular weight excluding hydrogens is 419 g/mol. The van der Waals surface area contributed by atoms with E-state index in [2.05, 4.69) is 20.4 Å². The van der Waals surface area contributed by atoms with Gasteiger partial charge in [-0.2, -0.15) is 4.98 Å². The second-order valence-corrected chi connectivity index (χ2v) is 6.40. The maximum atomic E-state index is 12.1. The molecular formula is C18H26Cl2N6O3. The van der Waals surface area contributed by atoms with Crippen LogP contribution in [0.3, 0.4) is 0 Å². The van der Waals surface area contributed by atoms with Gasteiger partial charge in [0.2, 0.25) is 23.5 Å². The van der Waals surface area contributed by atoms with Crippen LogP contribution in [0.5, 0.6) is 0 Å². The number of nitrogens with zero attached hydrogens (tertiary/aromatic N) is 4. The smallest absolute Gasteiger partial charge is 0.244 e. The number of benzene rings is 1. The normalized spacial score (nSPS) is 15.0. The molecule has 29 heavy (non-hydrogen) atoms. The number of aromatic nitrogens is 2. The number of rotatable bonds is 6. The van der Waals surface area contributed by atoms with Gasteiger partial charge in [0.15, 0.2) is 0 Å². The fourth-order valence-electron chi connectivity index (χ4n) is 2.98. The van der Waals surface area contributed by atoms with Crippen LogP contribution in [0, 0.1) is 0 Å². The molecule has 0 radical (unpaired) electrons. The van der Waals surface area contributed by atoms with E-state index in [4.69, 9.17) is 10.3 Å². The average molecular weight is 445 g/mol. The zero-order valence-corrected chi connectivity index (χ0v) is 17.7. The van der Waals surface area contributed by atoms with Crippen molar-refractivity contribution in [2.75, 3.05) is 39.3 Å². The van der Waals surface area contributed by atoms with Crippen molar-refractivity contribution in [3.63, 3.8) is 0 Å². The Morgan fingerprint density at radius 2 is 1.83 bits per heavy atom. The lowest BCUT2D eigenvalue weighted by Crippen LogP contribution is -2.51. The number of amides is 2. The summed E-state index contributed by atoms with van der Waals surface area (Å²) in [5, 5.41) is 6.57. The van der Waals surface area contributed by atoms with Crippen molar-refractivity contribution < 1.29 is 14.1 Å². The number of carbonyl (C=O) groups excluding carboxylic acids is 2. The Kier molecular flexibility index (Phi) is 10.0. The standard InChI is InChI=1S/C18H24N6O3.2ClH/c1-13(18-21-17(22-27-18)14-5-3-2-4-6-14)23-7-9-24(10-8-23)16(26)12-20-15(25)11-19;;/h2-6,13H,7-12,19H2,1H3,(H,20,25);2*1H. The summed E-state index contributed by atoms with van der Waals surface area (Å²) >= 11 is 0. The second kappa shape index (κ2) is 11.7. The zero-order chi connectivity index (χ0) is 19.2. The molecule has 3 N–H and O–H groups in total. The molecule has 3 rings (SSSR count). The van der Waals surface area contributed by atoms with Crippen LogP contribution in [0.15, 0.2) is 34.9 Å². The number of piperazine rings is 1. The number of hydrogen-bond acceptors (Lipinski definition) is 7. The molecule has 2 amide bonds. The summed E-state index contributed by atoms with van der Waals surface area (Å²) in [5.74, 6) is 0.695. The molecule has 11 heteroatoms. The van der Waals surface area contributed by atoms with Crippen molar-refractivity contribution >= 4 is 36.6 Å². The Balaban J connectivity index is 0.00000210. The molecule has 1 saturated heterocycles. The summed E-state index contributed by atoms with van der Waals surface area (Å²) < 4.78 is 5.44. The van der Waals surface area contributed by atoms with Crippen molar-refractivity contribution in [1.82, 2.24) is 25.3 Å². The summed E-state index contributed by atoms with van der Waals surface area (Å²) in [6, 6.07) is 9.64. The van der Waals surface area contributed by atoms with Gasteiger partial charge in [0.1, 0.15) is 0 Å². The third kappa shape index (κ3) is 6.40. The van der Waals surface area contributed by atoms with Crippen LogP contribution < -0.4 is 11.1 Å². The Morgan fingerprint density at radius 1 is 1.17 bits per heavy atom. The summed E-state index contributed by atoms with van der Waals surface area (Å²) in [6.07, 6.45) is 0. The summed E-state index contributed by atoms with van der Waals surface area (Å²) in [5.41, 5.74) is 6.13. The molecule has 9 nitrogen and oxygen atoms in total. The van der Waals surface area contributed by atoms with Gasteiger partial charge in [-0.15, -0.1) is 24.8 Å². The molecule has 1 aromatic carbocycles. The van der Waals surface area contributed by atoms with Crippen molar-refractivity contribution in [1.29, 1.82) is 0 Å². The lowest BCUT2D eigenvalue weighted by Gasteiger charge is -2.36. The van der Waals surface area contributed by atoms with Gasteiger partial charge in [0.25, 0.3) is 0 Å². The molecule has 0 bridgehead atoms. The highest BCUT2D eigenvalue weighted by Gasteiger charge is 2.27. The second-order valence-electron chi connectivity index (χ2n) is 6.40. The molecule has 1 fully saturated rings. The van der Waals surface area contributed by atoms with Gasteiger partial charge >= 0.3 is 0 Å². The van der Waals surface area contributed by atoms with E-state index in [1.807, 2.05) is 37.3 Å². The highest BCUT2D eigenvalue weighted by Crippen LogP contribution is 2.23. The minimum absolute atomic E-state index is 0. The highest BCUT2D eigenvalue weighted by molar-refractivity contribution is 5.86. The minimum Gasteiger partial charge on any atom is -0.346 e. The molecule has 160 valence electrons. The molecule has 1 aliphatic heterocycles. The first-order valence-corrected chi connectivity index (χ1v) is 8.96. The van der Waals surface area contributed by atoms with Crippen LogP contribution in [0.4, 0.5) is 0 Å². The molecule has 0 saturated carbocycles. The van der Waals surface area contributed by atoms with Gasteiger partial charge in [-0.3, -0.25) is 14.5 Å². The Bertz CT molecular complexity index is 781. The predicted octanol–water partition coefficient (Wildman–Crippen LogP) is 0.860. The van der Waals surface area contributed by atoms with E-state index in [9.17, 15) is 9.59 Å². The third-order valence-corrected chi connectivity index (χ3v) is 4.67. The molecule has 1 aliphatic rings. The van der Waals surface area contributed by atoms with Crippen molar-refractivity contribution in [3.05, 3.63) is 36.2 Å². The topological polar surface area (TPSA) is 118 Å². The molecule has 2 aromatic rings. The van der Waals surface area contributed by atoms with Crippen molar-refractivity contribution in [2.45, 2.75) is 13.0 Å². The van der Waals surface area contributed by atoms with Crippen LogP contribution in [0.25, 0.3) is 11.4 Å². The summed E-state index contributed by atoms with van der Waals surface area (Å²) in [6.45, 7) is 4.44. The van der Waals surface area contributed by atoms with Gasteiger partial charge in [0.05, 0.1) is 19.1 Å². The number of carbonyl (C=O) groups is 2. The molecule has 2 heterocycles. The van der Waals surface area contributed by atoms with Crippen molar-refractivity contribution in [3.8, 4) is 11.4 Å². The predicted molar refractivity (Wildman–Crippen MR) is 113 cm³/mol. The van der Waals surface area contributed by atoms with E-state index in [-0.39, 0.29) is 55.8 Å². The summed E-state index contributed by atoms with van der Waals surface area (Å²) in [7, 11) is 0. The molecule has 1 atom stereocenters. The van der Waals surface area contributed by atoms with E-state index in [1.54, 1.807) is 4.90 Å². The van der Waals surface area contributed by atoms with E-state index in [0.717, 1.165) is 5.56 Å². The van der Waals surface area contributed by atoms with Crippen LogP contribution >= 0.6 is 24.8 Å². The fraction of sp³-hybridized carbons (Fsp3) is 0.444. The lowest BCUT2D eigenvalue weighted by molar-refractivity contribution is -0.134. The quantitative estimate of drug-likeness (QED) is 0.677. The molecule has 0 spiro atoms. The Hall–Kier alpha value is -2.20. The highest BCUT2D eigenvalue weighted by atomic mass is 35.5.